The first-order valence-electron chi connectivity index (χ1n) is 7.30. The number of aliphatic carboxylic acids is 1. The number of carbonyl (C=O) groups is 2. The molecule has 0 bridgehead atoms. The Balaban J connectivity index is 2.55. The lowest BCUT2D eigenvalue weighted by Crippen LogP contribution is -2.46. The molecule has 0 aromatic carbocycles. The quantitative estimate of drug-likeness (QED) is 0.637. The van der Waals surface area contributed by atoms with Crippen LogP contribution in [0.4, 0.5) is 0 Å². The Morgan fingerprint density at radius 2 is 1.95 bits per heavy atom. The molecule has 0 aliphatic heterocycles. The van der Waals surface area contributed by atoms with Gasteiger partial charge in [-0.05, 0) is 19.4 Å². The van der Waals surface area contributed by atoms with Gasteiger partial charge in [0.2, 0.25) is 5.91 Å². The van der Waals surface area contributed by atoms with Crippen LogP contribution in [0.3, 0.4) is 0 Å². The third-order valence-corrected chi connectivity index (χ3v) is 3.81. The molecule has 1 aliphatic rings. The minimum Gasteiger partial charge on any atom is -0.481 e. The highest BCUT2D eigenvalue weighted by Gasteiger charge is 2.31. The van der Waals surface area contributed by atoms with E-state index in [1.165, 1.54) is 0 Å². The fourth-order valence-corrected chi connectivity index (χ4v) is 2.55. The Labute approximate surface area is 115 Å². The lowest BCUT2D eigenvalue weighted by molar-refractivity contribution is -0.143. The van der Waals surface area contributed by atoms with E-state index in [1.807, 2.05) is 13.8 Å². The van der Waals surface area contributed by atoms with E-state index in [9.17, 15) is 14.7 Å². The summed E-state index contributed by atoms with van der Waals surface area (Å²) in [6, 6.07) is -0.212. The van der Waals surface area contributed by atoms with Crippen LogP contribution >= 0.6 is 0 Å². The van der Waals surface area contributed by atoms with Crippen LogP contribution in [0.5, 0.6) is 0 Å². The molecule has 3 atom stereocenters. The van der Waals surface area contributed by atoms with Crippen LogP contribution in [0.15, 0.2) is 0 Å². The molecule has 110 valence electrons. The van der Waals surface area contributed by atoms with Crippen molar-refractivity contribution in [1.82, 2.24) is 10.6 Å². The van der Waals surface area contributed by atoms with Crippen molar-refractivity contribution >= 4 is 11.9 Å². The first-order valence-corrected chi connectivity index (χ1v) is 7.30. The summed E-state index contributed by atoms with van der Waals surface area (Å²) in [6.07, 6.45) is 4.44. The molecule has 3 unspecified atom stereocenters. The number of rotatable bonds is 6. The zero-order valence-electron chi connectivity index (χ0n) is 11.9. The average Bonchev–Trinajstić information content (AvgIpc) is 2.61. The summed E-state index contributed by atoms with van der Waals surface area (Å²) in [6.45, 7) is 5.33. The van der Waals surface area contributed by atoms with Gasteiger partial charge in [0.05, 0.1) is 5.92 Å². The Morgan fingerprint density at radius 3 is 2.58 bits per heavy atom. The molecule has 1 rings (SSSR count). The van der Waals surface area contributed by atoms with Gasteiger partial charge in [0, 0.05) is 18.5 Å². The van der Waals surface area contributed by atoms with Crippen molar-refractivity contribution in [2.75, 3.05) is 13.1 Å². The fraction of sp³-hybridized carbons (Fsp3) is 0.857. The maximum atomic E-state index is 12.1. The maximum absolute atomic E-state index is 12.1. The molecule has 1 aliphatic carbocycles. The number of hydrogen-bond donors (Lipinski definition) is 3. The summed E-state index contributed by atoms with van der Waals surface area (Å²) in [5.41, 5.74) is 0. The molecule has 1 saturated carbocycles. The Hall–Kier alpha value is -1.10. The van der Waals surface area contributed by atoms with Gasteiger partial charge in [-0.15, -0.1) is 0 Å². The van der Waals surface area contributed by atoms with Crippen molar-refractivity contribution in [3.63, 3.8) is 0 Å². The van der Waals surface area contributed by atoms with E-state index >= 15 is 0 Å². The van der Waals surface area contributed by atoms with Crippen molar-refractivity contribution < 1.29 is 14.7 Å². The largest absolute Gasteiger partial charge is 0.481 e. The minimum absolute atomic E-state index is 0.0425. The third-order valence-electron chi connectivity index (χ3n) is 3.81. The van der Waals surface area contributed by atoms with E-state index < -0.39 is 11.9 Å². The SMILES string of the molecule is CCNCC(C)C(=O)NC1CCCCCC1C(=O)O. The Morgan fingerprint density at radius 1 is 1.26 bits per heavy atom. The number of carboxylic acids is 1. The van der Waals surface area contributed by atoms with E-state index in [2.05, 4.69) is 10.6 Å². The molecule has 0 spiro atoms. The van der Waals surface area contributed by atoms with Crippen LogP contribution in [0.1, 0.15) is 46.0 Å². The van der Waals surface area contributed by atoms with Gasteiger partial charge in [0.1, 0.15) is 0 Å². The molecule has 0 radical (unpaired) electrons. The van der Waals surface area contributed by atoms with E-state index in [0.717, 1.165) is 32.2 Å². The first-order chi connectivity index (χ1) is 9.06. The van der Waals surface area contributed by atoms with Gasteiger partial charge in [-0.2, -0.15) is 0 Å². The van der Waals surface area contributed by atoms with Crippen molar-refractivity contribution in [1.29, 1.82) is 0 Å². The van der Waals surface area contributed by atoms with E-state index in [-0.39, 0.29) is 17.9 Å². The molecule has 5 nitrogen and oxygen atoms in total. The molecule has 0 aromatic heterocycles. The lowest BCUT2D eigenvalue weighted by Gasteiger charge is -2.24. The van der Waals surface area contributed by atoms with Crippen LogP contribution < -0.4 is 10.6 Å². The zero-order valence-corrected chi connectivity index (χ0v) is 11.9. The number of amides is 1. The predicted molar refractivity (Wildman–Crippen MR) is 73.8 cm³/mol. The highest BCUT2D eigenvalue weighted by atomic mass is 16.4. The van der Waals surface area contributed by atoms with Crippen molar-refractivity contribution in [2.24, 2.45) is 11.8 Å². The molecule has 19 heavy (non-hydrogen) atoms. The Bertz CT molecular complexity index is 307. The fourth-order valence-electron chi connectivity index (χ4n) is 2.55. The first kappa shape index (κ1) is 16.0. The van der Waals surface area contributed by atoms with E-state index in [0.29, 0.717) is 13.0 Å². The number of carbonyl (C=O) groups excluding carboxylic acids is 1. The standard InChI is InChI=1S/C14H26N2O3/c1-3-15-9-10(2)13(17)16-12-8-6-4-5-7-11(12)14(18)19/h10-12,15H,3-9H2,1-2H3,(H,16,17)(H,18,19). The minimum atomic E-state index is -0.786. The van der Waals surface area contributed by atoms with Gasteiger partial charge in [-0.3, -0.25) is 9.59 Å². The molecule has 5 heteroatoms. The summed E-state index contributed by atoms with van der Waals surface area (Å²) in [5.74, 6) is -1.39. The lowest BCUT2D eigenvalue weighted by atomic mass is 9.94. The van der Waals surface area contributed by atoms with Crippen LogP contribution in [0.2, 0.25) is 0 Å². The number of hydrogen-bond acceptors (Lipinski definition) is 3. The van der Waals surface area contributed by atoms with Gasteiger partial charge in [0.15, 0.2) is 0 Å². The number of nitrogens with one attached hydrogen (secondary N) is 2. The van der Waals surface area contributed by atoms with Gasteiger partial charge < -0.3 is 15.7 Å². The van der Waals surface area contributed by atoms with Gasteiger partial charge >= 0.3 is 5.97 Å². The molecular weight excluding hydrogens is 244 g/mol. The van der Waals surface area contributed by atoms with Crippen LogP contribution in [-0.2, 0) is 9.59 Å². The molecule has 1 amide bonds. The predicted octanol–water partition coefficient (Wildman–Crippen LogP) is 1.38. The summed E-state index contributed by atoms with van der Waals surface area (Å²) in [7, 11) is 0. The zero-order chi connectivity index (χ0) is 14.3. The molecule has 0 saturated heterocycles. The smallest absolute Gasteiger partial charge is 0.308 e. The maximum Gasteiger partial charge on any atom is 0.308 e. The van der Waals surface area contributed by atoms with Crippen LogP contribution in [0, 0.1) is 11.8 Å². The molecular formula is C14H26N2O3. The summed E-state index contributed by atoms with van der Waals surface area (Å²) in [4.78, 5) is 23.3. The second kappa shape index (κ2) is 8.15. The number of carboxylic acid groups (broad SMARTS) is 1. The average molecular weight is 270 g/mol. The highest BCUT2D eigenvalue weighted by Crippen LogP contribution is 2.24. The van der Waals surface area contributed by atoms with Crippen molar-refractivity contribution in [3.8, 4) is 0 Å². The van der Waals surface area contributed by atoms with Gasteiger partial charge in [-0.1, -0.05) is 33.1 Å². The van der Waals surface area contributed by atoms with Crippen molar-refractivity contribution in [3.05, 3.63) is 0 Å². The molecule has 0 aromatic rings. The monoisotopic (exact) mass is 270 g/mol. The topological polar surface area (TPSA) is 78.4 Å². The third kappa shape index (κ3) is 5.19. The second-order valence-electron chi connectivity index (χ2n) is 5.41. The summed E-state index contributed by atoms with van der Waals surface area (Å²) >= 11 is 0. The summed E-state index contributed by atoms with van der Waals surface area (Å²) in [5, 5.41) is 15.3. The van der Waals surface area contributed by atoms with E-state index in [1.54, 1.807) is 0 Å². The highest BCUT2D eigenvalue weighted by molar-refractivity contribution is 5.80. The van der Waals surface area contributed by atoms with Crippen molar-refractivity contribution in [2.45, 2.75) is 52.0 Å². The Kier molecular flexibility index (Phi) is 6.84. The second-order valence-corrected chi connectivity index (χ2v) is 5.41. The molecule has 3 N–H and O–H groups in total. The van der Waals surface area contributed by atoms with Gasteiger partial charge in [0.25, 0.3) is 0 Å². The summed E-state index contributed by atoms with van der Waals surface area (Å²) < 4.78 is 0. The molecule has 1 fully saturated rings. The molecule has 0 heterocycles. The van der Waals surface area contributed by atoms with Crippen LogP contribution in [-0.4, -0.2) is 36.1 Å². The van der Waals surface area contributed by atoms with Gasteiger partial charge in [-0.25, -0.2) is 0 Å². The van der Waals surface area contributed by atoms with E-state index in [4.69, 9.17) is 0 Å². The normalized spacial score (nSPS) is 25.4. The van der Waals surface area contributed by atoms with Crippen LogP contribution in [0.25, 0.3) is 0 Å².